The summed E-state index contributed by atoms with van der Waals surface area (Å²) in [6.07, 6.45) is 13.6. The van der Waals surface area contributed by atoms with E-state index in [0.717, 1.165) is 6.42 Å². The Morgan fingerprint density at radius 2 is 1.67 bits per heavy atom. The zero-order chi connectivity index (χ0) is 31.0. The third-order valence-corrected chi connectivity index (χ3v) is 14.8. The Morgan fingerprint density at radius 3 is 2.33 bits per heavy atom. The lowest BCUT2D eigenvalue weighted by Gasteiger charge is -2.72. The average molecular weight is 590 g/mol. The zero-order valence-corrected chi connectivity index (χ0v) is 28.0. The average Bonchev–Trinajstić information content (AvgIpc) is 3.36. The fraction of sp³-hybridized carbons (Fsp3) is 0.718. The number of esters is 1. The molecular weight excluding hydrogens is 533 g/mol. The molecule has 0 unspecified atom stereocenters. The van der Waals surface area contributed by atoms with Crippen LogP contribution in [0.4, 0.5) is 4.39 Å². The molecule has 1 N–H and O–H groups in total. The Morgan fingerprint density at radius 1 is 0.953 bits per heavy atom. The van der Waals surface area contributed by atoms with E-state index in [1.54, 1.807) is 0 Å². The first-order valence-electron chi connectivity index (χ1n) is 17.1. The highest BCUT2D eigenvalue weighted by molar-refractivity contribution is 5.89. The molecule has 6 rings (SSSR count). The van der Waals surface area contributed by atoms with Gasteiger partial charge in [-0.2, -0.15) is 0 Å². The summed E-state index contributed by atoms with van der Waals surface area (Å²) >= 11 is 0. The molecule has 4 saturated carbocycles. The minimum atomic E-state index is -0.283. The van der Waals surface area contributed by atoms with Gasteiger partial charge in [0.25, 0.3) is 0 Å². The Labute approximate surface area is 260 Å². The predicted octanol–water partition coefficient (Wildman–Crippen LogP) is 9.44. The topological polar surface area (TPSA) is 38.3 Å². The first kappa shape index (κ1) is 31.1. The fourth-order valence-corrected chi connectivity index (χ4v) is 12.7. The van der Waals surface area contributed by atoms with Gasteiger partial charge < -0.3 is 10.1 Å². The highest BCUT2D eigenvalue weighted by Crippen LogP contribution is 2.76. The van der Waals surface area contributed by atoms with Crippen LogP contribution in [0.3, 0.4) is 0 Å². The lowest BCUT2D eigenvalue weighted by atomic mass is 9.33. The second-order valence-corrected chi connectivity index (χ2v) is 16.6. The van der Waals surface area contributed by atoms with Crippen LogP contribution in [-0.2, 0) is 4.74 Å². The van der Waals surface area contributed by atoms with Crippen LogP contribution in [0.15, 0.2) is 42.5 Å². The predicted molar refractivity (Wildman–Crippen MR) is 174 cm³/mol. The molecule has 236 valence electrons. The van der Waals surface area contributed by atoms with Gasteiger partial charge in [0.15, 0.2) is 0 Å². The minimum absolute atomic E-state index is 0.0490. The highest BCUT2D eigenvalue weighted by atomic mass is 19.1. The lowest BCUT2D eigenvalue weighted by molar-refractivity contribution is -0.219. The van der Waals surface area contributed by atoms with E-state index in [2.05, 4.69) is 71.6 Å². The molecule has 0 saturated heterocycles. The van der Waals surface area contributed by atoms with Gasteiger partial charge in [0.1, 0.15) is 6.67 Å². The number of halogens is 1. The molecule has 4 heteroatoms. The second kappa shape index (κ2) is 10.6. The van der Waals surface area contributed by atoms with Gasteiger partial charge in [-0.1, -0.05) is 65.0 Å². The van der Waals surface area contributed by atoms with E-state index in [1.807, 2.05) is 12.1 Å². The standard InChI is InChI=1S/C39H56FNO2/c1-25(2)28-15-20-39(41-24-23-40)22-21-37(6)30(33(28)39)13-14-32-36(5)18-16-29(26-9-11-27(12-10-26)34(42)43-8)35(3,4)31(36)17-19-38(32,37)7/h9-12,16,28,30-33,41H,1,13-15,17-24H2,2-8H3/t28-,30+,31-,32+,33+,36-,37+,38+,39-/m0/s1. The van der Waals surface area contributed by atoms with Crippen LogP contribution in [0.2, 0.25) is 0 Å². The maximum Gasteiger partial charge on any atom is 0.337 e. The SMILES string of the molecule is C=C(C)[C@@H]1CC[C@]2(NCCF)CC[C@]3(C)[C@H](CC[C@@H]4[C@@]5(C)CC=C(c6ccc(C(=O)OC)cc6)C(C)(C)[C@@H]5CC[C@]43C)[C@@H]12. The summed E-state index contributed by atoms with van der Waals surface area (Å²) in [6.45, 7) is 19.9. The highest BCUT2D eigenvalue weighted by Gasteiger charge is 2.70. The van der Waals surface area contributed by atoms with Gasteiger partial charge in [-0.3, -0.25) is 0 Å². The van der Waals surface area contributed by atoms with Crippen LogP contribution in [0.5, 0.6) is 0 Å². The van der Waals surface area contributed by atoms with E-state index >= 15 is 0 Å². The number of alkyl halides is 1. The van der Waals surface area contributed by atoms with Crippen molar-refractivity contribution in [3.05, 3.63) is 53.6 Å². The molecule has 5 aliphatic carbocycles. The molecular formula is C39H56FNO2. The maximum absolute atomic E-state index is 13.5. The number of hydrogen-bond acceptors (Lipinski definition) is 3. The van der Waals surface area contributed by atoms with Crippen LogP contribution >= 0.6 is 0 Å². The Kier molecular flexibility index (Phi) is 7.63. The van der Waals surface area contributed by atoms with Crippen LogP contribution in [-0.4, -0.2) is 31.8 Å². The molecule has 0 aromatic heterocycles. The van der Waals surface area contributed by atoms with Crippen LogP contribution < -0.4 is 5.32 Å². The molecule has 0 radical (unpaired) electrons. The molecule has 0 aliphatic heterocycles. The van der Waals surface area contributed by atoms with E-state index in [0.29, 0.717) is 47.1 Å². The van der Waals surface area contributed by atoms with Gasteiger partial charge in [0.2, 0.25) is 0 Å². The van der Waals surface area contributed by atoms with Crippen molar-refractivity contribution in [3.8, 4) is 0 Å². The first-order valence-corrected chi connectivity index (χ1v) is 17.1. The molecule has 5 aliphatic rings. The summed E-state index contributed by atoms with van der Waals surface area (Å²) in [6, 6.07) is 8.07. The first-order chi connectivity index (χ1) is 20.3. The third kappa shape index (κ3) is 4.31. The van der Waals surface area contributed by atoms with E-state index in [-0.39, 0.29) is 34.4 Å². The number of carbonyl (C=O) groups is 1. The van der Waals surface area contributed by atoms with Gasteiger partial charge in [0.05, 0.1) is 12.7 Å². The quantitative estimate of drug-likeness (QED) is 0.265. The monoisotopic (exact) mass is 589 g/mol. The molecule has 1 aromatic rings. The largest absolute Gasteiger partial charge is 0.465 e. The van der Waals surface area contributed by atoms with Gasteiger partial charge in [-0.25, -0.2) is 9.18 Å². The molecule has 0 spiro atoms. The van der Waals surface area contributed by atoms with Crippen molar-refractivity contribution in [2.24, 2.45) is 51.2 Å². The van der Waals surface area contributed by atoms with Crippen LogP contribution in [0.25, 0.3) is 5.57 Å². The van der Waals surface area contributed by atoms with E-state index in [1.165, 1.54) is 75.2 Å². The summed E-state index contributed by atoms with van der Waals surface area (Å²) in [5.41, 5.74) is 5.58. The number of ether oxygens (including phenoxy) is 1. The van der Waals surface area contributed by atoms with Crippen molar-refractivity contribution in [1.29, 1.82) is 0 Å². The Bertz CT molecular complexity index is 1300. The summed E-state index contributed by atoms with van der Waals surface area (Å²) in [5.74, 6) is 2.80. The number of nitrogens with one attached hydrogen (secondary N) is 1. The van der Waals surface area contributed by atoms with Crippen molar-refractivity contribution < 1.29 is 13.9 Å². The summed E-state index contributed by atoms with van der Waals surface area (Å²) in [5, 5.41) is 3.81. The van der Waals surface area contributed by atoms with Gasteiger partial charge in [-0.05, 0) is 139 Å². The summed E-state index contributed by atoms with van der Waals surface area (Å²) in [4.78, 5) is 12.1. The smallest absolute Gasteiger partial charge is 0.337 e. The minimum Gasteiger partial charge on any atom is -0.465 e. The second-order valence-electron chi connectivity index (χ2n) is 16.6. The molecule has 0 bridgehead atoms. The Hall–Kier alpha value is -1.94. The molecule has 1 aromatic carbocycles. The summed E-state index contributed by atoms with van der Waals surface area (Å²) in [7, 11) is 1.44. The van der Waals surface area contributed by atoms with E-state index < -0.39 is 0 Å². The van der Waals surface area contributed by atoms with Crippen molar-refractivity contribution >= 4 is 11.5 Å². The number of methoxy groups -OCH3 is 1. The molecule has 9 atom stereocenters. The molecule has 3 nitrogen and oxygen atoms in total. The number of hydrogen-bond donors (Lipinski definition) is 1. The van der Waals surface area contributed by atoms with Crippen molar-refractivity contribution in [1.82, 2.24) is 5.32 Å². The maximum atomic E-state index is 13.5. The van der Waals surface area contributed by atoms with E-state index in [9.17, 15) is 9.18 Å². The van der Waals surface area contributed by atoms with E-state index in [4.69, 9.17) is 4.74 Å². The number of fused-ring (bicyclic) bond motifs is 7. The lowest BCUT2D eigenvalue weighted by Crippen LogP contribution is -2.68. The van der Waals surface area contributed by atoms with Crippen LogP contribution in [0.1, 0.15) is 115 Å². The van der Waals surface area contributed by atoms with Crippen LogP contribution in [0, 0.1) is 51.2 Å². The fourth-order valence-electron chi connectivity index (χ4n) is 12.7. The summed E-state index contributed by atoms with van der Waals surface area (Å²) < 4.78 is 18.4. The zero-order valence-electron chi connectivity index (χ0n) is 28.0. The number of allylic oxidation sites excluding steroid dienone is 3. The molecule has 0 heterocycles. The van der Waals surface area contributed by atoms with Gasteiger partial charge in [0, 0.05) is 12.1 Å². The Balaban J connectivity index is 1.34. The van der Waals surface area contributed by atoms with Gasteiger partial charge >= 0.3 is 5.97 Å². The molecule has 0 amide bonds. The third-order valence-electron chi connectivity index (χ3n) is 14.8. The normalized spacial score (nSPS) is 43.0. The van der Waals surface area contributed by atoms with Gasteiger partial charge in [-0.15, -0.1) is 0 Å². The van der Waals surface area contributed by atoms with Crippen molar-refractivity contribution in [2.75, 3.05) is 20.3 Å². The number of carbonyl (C=O) groups excluding carboxylic acids is 1. The molecule has 4 fully saturated rings. The molecule has 43 heavy (non-hydrogen) atoms. The van der Waals surface area contributed by atoms with Crippen molar-refractivity contribution in [2.45, 2.75) is 105 Å². The number of rotatable bonds is 6. The number of benzene rings is 1. The van der Waals surface area contributed by atoms with Crippen molar-refractivity contribution in [3.63, 3.8) is 0 Å².